The van der Waals surface area contributed by atoms with Crippen molar-refractivity contribution in [1.29, 1.82) is 0 Å². The van der Waals surface area contributed by atoms with Crippen LogP contribution in [0.1, 0.15) is 47.1 Å². The summed E-state index contributed by atoms with van der Waals surface area (Å²) in [6.07, 6.45) is 3.73. The quantitative estimate of drug-likeness (QED) is 0.860. The van der Waals surface area contributed by atoms with Crippen molar-refractivity contribution in [3.05, 3.63) is 46.8 Å². The number of nitrogens with one attached hydrogen (secondary N) is 1. The number of anilines is 1. The van der Waals surface area contributed by atoms with Crippen LogP contribution in [0.25, 0.3) is 0 Å². The number of nitrogens with zero attached hydrogens (tertiary/aromatic N) is 4. The second-order valence-corrected chi connectivity index (χ2v) is 8.24. The first-order valence-corrected chi connectivity index (χ1v) is 10.5. The van der Waals surface area contributed by atoms with Gasteiger partial charge in [0, 0.05) is 57.8 Å². The highest BCUT2D eigenvalue weighted by atomic mass is 16.5. The molecule has 1 amide bonds. The lowest BCUT2D eigenvalue weighted by molar-refractivity contribution is 0.0944. The predicted octanol–water partition coefficient (Wildman–Crippen LogP) is 1.97. The minimum Gasteiger partial charge on any atom is -0.490 e. The van der Waals surface area contributed by atoms with Gasteiger partial charge in [0.1, 0.15) is 11.9 Å². The standard InChI is InChI=1S/C22H27N5O2/c1-14-11-17-4-3-16(12-20(17)29-14)15(2)26-7-9-27(10-8-26)22-24-13-18-19(25-22)5-6-23-21(18)28/h3-4,12-15H,5-11H2,1-2H3,(H,23,28)/t14?,15-/m0/s1. The van der Waals surface area contributed by atoms with Gasteiger partial charge < -0.3 is 15.0 Å². The van der Waals surface area contributed by atoms with E-state index in [1.54, 1.807) is 6.20 Å². The normalized spacial score (nSPS) is 22.5. The number of fused-ring (bicyclic) bond motifs is 2. The van der Waals surface area contributed by atoms with Crippen molar-refractivity contribution in [3.8, 4) is 5.75 Å². The number of hydrogen-bond acceptors (Lipinski definition) is 6. The lowest BCUT2D eigenvalue weighted by Gasteiger charge is -2.38. The Bertz CT molecular complexity index is 939. The van der Waals surface area contributed by atoms with E-state index >= 15 is 0 Å². The number of ether oxygens (including phenoxy) is 1. The molecule has 4 heterocycles. The highest BCUT2D eigenvalue weighted by molar-refractivity contribution is 5.96. The Morgan fingerprint density at radius 1 is 1.24 bits per heavy atom. The van der Waals surface area contributed by atoms with E-state index in [9.17, 15) is 4.79 Å². The van der Waals surface area contributed by atoms with Crippen LogP contribution in [0.4, 0.5) is 5.95 Å². The van der Waals surface area contributed by atoms with Crippen molar-refractivity contribution in [3.63, 3.8) is 0 Å². The van der Waals surface area contributed by atoms with E-state index in [-0.39, 0.29) is 12.0 Å². The molecule has 0 spiro atoms. The van der Waals surface area contributed by atoms with Crippen molar-refractivity contribution >= 4 is 11.9 Å². The van der Waals surface area contributed by atoms with E-state index in [0.29, 0.717) is 18.2 Å². The van der Waals surface area contributed by atoms with Gasteiger partial charge in [0.15, 0.2) is 0 Å². The van der Waals surface area contributed by atoms with Crippen molar-refractivity contribution in [2.45, 2.75) is 38.8 Å². The van der Waals surface area contributed by atoms with Crippen LogP contribution in [-0.2, 0) is 12.8 Å². The Morgan fingerprint density at radius 2 is 2.07 bits per heavy atom. The molecule has 29 heavy (non-hydrogen) atoms. The molecule has 1 fully saturated rings. The van der Waals surface area contributed by atoms with Gasteiger partial charge in [0.05, 0.1) is 11.3 Å². The number of rotatable bonds is 3. The fraction of sp³-hybridized carbons (Fsp3) is 0.500. The summed E-state index contributed by atoms with van der Waals surface area (Å²) in [5, 5.41) is 2.84. The first-order chi connectivity index (χ1) is 14.1. The molecule has 5 rings (SSSR count). The maximum Gasteiger partial charge on any atom is 0.254 e. The third-order valence-corrected chi connectivity index (χ3v) is 6.30. The van der Waals surface area contributed by atoms with Crippen LogP contribution in [-0.4, -0.2) is 59.6 Å². The van der Waals surface area contributed by atoms with Crippen molar-refractivity contribution in [2.24, 2.45) is 0 Å². The molecule has 152 valence electrons. The fourth-order valence-electron chi connectivity index (χ4n) is 4.53. The molecule has 0 radical (unpaired) electrons. The Kier molecular flexibility index (Phi) is 4.62. The Labute approximate surface area is 171 Å². The lowest BCUT2D eigenvalue weighted by Crippen LogP contribution is -2.48. The highest BCUT2D eigenvalue weighted by Gasteiger charge is 2.27. The number of amides is 1. The summed E-state index contributed by atoms with van der Waals surface area (Å²) in [5.41, 5.74) is 4.10. The molecule has 0 saturated carbocycles. The molecule has 0 aliphatic carbocycles. The van der Waals surface area contributed by atoms with E-state index in [1.807, 2.05) is 0 Å². The number of hydrogen-bond donors (Lipinski definition) is 1. The third-order valence-electron chi connectivity index (χ3n) is 6.30. The van der Waals surface area contributed by atoms with Crippen LogP contribution in [0.2, 0.25) is 0 Å². The summed E-state index contributed by atoms with van der Waals surface area (Å²) in [4.78, 5) is 25.8. The minimum atomic E-state index is -0.0656. The Balaban J connectivity index is 1.25. The molecule has 2 atom stereocenters. The second-order valence-electron chi connectivity index (χ2n) is 8.24. The first kappa shape index (κ1) is 18.4. The summed E-state index contributed by atoms with van der Waals surface area (Å²) in [6, 6.07) is 7.02. The van der Waals surface area contributed by atoms with Gasteiger partial charge in [-0.15, -0.1) is 0 Å². The molecule has 2 aromatic rings. The minimum absolute atomic E-state index is 0.0656. The molecular weight excluding hydrogens is 366 g/mol. The summed E-state index contributed by atoms with van der Waals surface area (Å²) in [7, 11) is 0. The summed E-state index contributed by atoms with van der Waals surface area (Å²) < 4.78 is 5.94. The van der Waals surface area contributed by atoms with Crippen LogP contribution < -0.4 is 15.0 Å². The third kappa shape index (κ3) is 3.44. The number of piperazine rings is 1. The molecule has 0 bridgehead atoms. The van der Waals surface area contributed by atoms with Crippen LogP contribution in [0.15, 0.2) is 24.4 Å². The van der Waals surface area contributed by atoms with E-state index in [0.717, 1.165) is 56.4 Å². The van der Waals surface area contributed by atoms with Gasteiger partial charge in [-0.3, -0.25) is 9.69 Å². The molecule has 3 aliphatic heterocycles. The largest absolute Gasteiger partial charge is 0.490 e. The molecular formula is C22H27N5O2. The molecule has 1 aromatic carbocycles. The van der Waals surface area contributed by atoms with Crippen LogP contribution >= 0.6 is 0 Å². The zero-order chi connectivity index (χ0) is 20.0. The molecule has 1 aromatic heterocycles. The van der Waals surface area contributed by atoms with Crippen LogP contribution in [0.5, 0.6) is 5.75 Å². The van der Waals surface area contributed by atoms with Crippen molar-refractivity contribution in [1.82, 2.24) is 20.2 Å². The summed E-state index contributed by atoms with van der Waals surface area (Å²) >= 11 is 0. The second kappa shape index (κ2) is 7.30. The summed E-state index contributed by atoms with van der Waals surface area (Å²) in [5.74, 6) is 1.72. The number of benzene rings is 1. The molecule has 1 N–H and O–H groups in total. The van der Waals surface area contributed by atoms with E-state index in [1.165, 1.54) is 11.1 Å². The average Bonchev–Trinajstić information content (AvgIpc) is 3.12. The molecule has 7 nitrogen and oxygen atoms in total. The smallest absolute Gasteiger partial charge is 0.254 e. The Hall–Kier alpha value is -2.67. The number of carbonyl (C=O) groups excluding carboxylic acids is 1. The van der Waals surface area contributed by atoms with Gasteiger partial charge in [-0.05, 0) is 31.0 Å². The lowest BCUT2D eigenvalue weighted by atomic mass is 10.0. The highest BCUT2D eigenvalue weighted by Crippen LogP contribution is 2.33. The van der Waals surface area contributed by atoms with E-state index in [4.69, 9.17) is 4.74 Å². The predicted molar refractivity (Wildman–Crippen MR) is 111 cm³/mol. The maximum atomic E-state index is 11.9. The SMILES string of the molecule is CC1Cc2ccc([C@H](C)N3CCN(c4ncc5c(n4)CCNC5=O)CC3)cc2O1. The van der Waals surface area contributed by atoms with Crippen molar-refractivity contribution in [2.75, 3.05) is 37.6 Å². The van der Waals surface area contributed by atoms with Gasteiger partial charge in [-0.2, -0.15) is 0 Å². The van der Waals surface area contributed by atoms with E-state index in [2.05, 4.69) is 57.1 Å². The number of aromatic nitrogens is 2. The van der Waals surface area contributed by atoms with Crippen LogP contribution in [0, 0.1) is 0 Å². The zero-order valence-electron chi connectivity index (χ0n) is 17.0. The molecule has 1 saturated heterocycles. The molecule has 3 aliphatic rings. The zero-order valence-corrected chi connectivity index (χ0v) is 17.0. The van der Waals surface area contributed by atoms with Gasteiger partial charge >= 0.3 is 0 Å². The summed E-state index contributed by atoms with van der Waals surface area (Å²) in [6.45, 7) is 8.71. The van der Waals surface area contributed by atoms with Crippen LogP contribution in [0.3, 0.4) is 0 Å². The number of carbonyl (C=O) groups is 1. The molecule has 1 unspecified atom stereocenters. The Morgan fingerprint density at radius 3 is 2.90 bits per heavy atom. The van der Waals surface area contributed by atoms with E-state index < -0.39 is 0 Å². The average molecular weight is 393 g/mol. The van der Waals surface area contributed by atoms with Gasteiger partial charge in [-0.1, -0.05) is 12.1 Å². The fourth-order valence-corrected chi connectivity index (χ4v) is 4.53. The topological polar surface area (TPSA) is 70.6 Å². The van der Waals surface area contributed by atoms with Crippen molar-refractivity contribution < 1.29 is 9.53 Å². The maximum absolute atomic E-state index is 11.9. The van der Waals surface area contributed by atoms with Gasteiger partial charge in [0.25, 0.3) is 5.91 Å². The van der Waals surface area contributed by atoms with Gasteiger partial charge in [0.2, 0.25) is 5.95 Å². The van der Waals surface area contributed by atoms with Gasteiger partial charge in [-0.25, -0.2) is 9.97 Å². The molecule has 7 heteroatoms. The first-order valence-electron chi connectivity index (χ1n) is 10.5. The monoisotopic (exact) mass is 393 g/mol.